The number of likely N-dealkylation sites (N-methyl/N-ethyl adjacent to an activating group) is 8. The molecule has 1 spiro atoms. The van der Waals surface area contributed by atoms with Crippen LogP contribution in [0.1, 0.15) is 166 Å². The summed E-state index contributed by atoms with van der Waals surface area (Å²) in [5.41, 5.74) is -1.99. The Morgan fingerprint density at radius 1 is 0.647 bits per heavy atom. The van der Waals surface area contributed by atoms with E-state index in [9.17, 15) is 51.5 Å². The average Bonchev–Trinajstić information content (AvgIpc) is 1.36. The quantitative estimate of drug-likeness (QED) is 0.252. The van der Waals surface area contributed by atoms with E-state index in [0.717, 1.165) is 88.0 Å². The van der Waals surface area contributed by atoms with Crippen LogP contribution in [-0.2, 0) is 76.6 Å². The number of pyridine rings is 1. The van der Waals surface area contributed by atoms with E-state index in [1.165, 1.54) is 96.5 Å². The highest BCUT2D eigenvalue weighted by Crippen LogP contribution is 2.38. The summed E-state index contributed by atoms with van der Waals surface area (Å²) in [5, 5.41) is 8.03. The number of aryl methyl sites for hydroxylation is 1. The predicted octanol–water partition coefficient (Wildman–Crippen LogP) is 5.48. The van der Waals surface area contributed by atoms with Gasteiger partial charge in [0.15, 0.2) is 0 Å². The molecule has 1 aromatic carbocycles. The molecule has 12 amide bonds. The maximum Gasteiger partial charge on any atom is 0.417 e. The van der Waals surface area contributed by atoms with E-state index in [2.05, 4.69) is 20.9 Å². The van der Waals surface area contributed by atoms with Crippen LogP contribution in [0.3, 0.4) is 0 Å². The van der Waals surface area contributed by atoms with Gasteiger partial charge in [0.1, 0.15) is 47.8 Å². The van der Waals surface area contributed by atoms with Gasteiger partial charge in [-0.15, -0.1) is 0 Å². The zero-order valence-electron chi connectivity index (χ0n) is 61.3. The third-order valence-electron chi connectivity index (χ3n) is 22.0. The molecule has 3 saturated carbocycles. The third-order valence-corrected chi connectivity index (χ3v) is 22.3. The summed E-state index contributed by atoms with van der Waals surface area (Å²) in [6.45, 7) is 4.00. The smallest absolute Gasteiger partial charge is 0.343 e. The Labute approximate surface area is 603 Å². The minimum absolute atomic E-state index is 0.000775. The van der Waals surface area contributed by atoms with Crippen LogP contribution < -0.4 is 16.0 Å². The summed E-state index contributed by atoms with van der Waals surface area (Å²) in [6.07, 6.45) is 7.87. The van der Waals surface area contributed by atoms with E-state index in [1.54, 1.807) is 24.0 Å². The number of carbonyl (C=O) groups excluding carboxylic acids is 12. The standard InChI is InChI=1S/C73H107ClF3N13O12/c1-12-46(2)62-69(100)84(6)44-60(93)82(4)45-61(94)86(8)56(39-48-24-15-13-16-25-48)67(98)83(5)43-58(91)79-54(32-30-49-29-31-52(53(74)38-49)73(75,76)77)66(97)87(9)55(40-50-26-23-35-78-42-50)65(96)81-72(33-19-20-34-72)71(102)89(11)63(51-27-17-14-18-28-51)70(101)88(10)57(68(99)90-36-21-22-37-90)41-59(92)85(7)47(3)64(95)80-62/h23,26,29,31,35,38,42,46-48,51,54-57,62-63H,12-22,24-25,27-28,30,32-34,36-37,39-41,43-45H2,1-11H3,(H,79,91)(H,80,95)(H,81,96)/t46-,47-,54-,55-,56-,57-,62-,63-/m0/s1. The molecular formula is C73H107ClF3N13O12. The van der Waals surface area contributed by atoms with Gasteiger partial charge in [0.25, 0.3) is 0 Å². The molecule has 0 unspecified atom stereocenters. The van der Waals surface area contributed by atoms with Crippen molar-refractivity contribution >= 4 is 82.5 Å². The summed E-state index contributed by atoms with van der Waals surface area (Å²) >= 11 is 6.19. The number of alkyl halides is 3. The largest absolute Gasteiger partial charge is 0.417 e. The number of hydrogen-bond acceptors (Lipinski definition) is 13. The molecule has 1 aromatic heterocycles. The lowest BCUT2D eigenvalue weighted by atomic mass is 9.81. The minimum Gasteiger partial charge on any atom is -0.343 e. The van der Waals surface area contributed by atoms with Crippen molar-refractivity contribution in [3.63, 3.8) is 0 Å². The number of halogens is 4. The van der Waals surface area contributed by atoms with Gasteiger partial charge >= 0.3 is 6.18 Å². The van der Waals surface area contributed by atoms with Gasteiger partial charge in [-0.05, 0) is 112 Å². The van der Waals surface area contributed by atoms with Crippen LogP contribution in [0.5, 0.6) is 0 Å². The molecule has 5 aliphatic rings. The van der Waals surface area contributed by atoms with E-state index in [1.807, 2.05) is 6.92 Å². The predicted molar refractivity (Wildman–Crippen MR) is 375 cm³/mol. The molecule has 3 N–H and O–H groups in total. The summed E-state index contributed by atoms with van der Waals surface area (Å²) in [6, 6.07) is -2.76. The van der Waals surface area contributed by atoms with Crippen molar-refractivity contribution in [3.8, 4) is 0 Å². The van der Waals surface area contributed by atoms with Crippen LogP contribution in [-0.4, -0.2) is 257 Å². The first-order valence-corrected chi connectivity index (χ1v) is 36.6. The highest BCUT2D eigenvalue weighted by Gasteiger charge is 2.51. The summed E-state index contributed by atoms with van der Waals surface area (Å²) in [7, 11) is 11.2. The van der Waals surface area contributed by atoms with E-state index in [-0.39, 0.29) is 50.0 Å². The first kappa shape index (κ1) is 81.4. The molecule has 2 aliphatic heterocycles. The fourth-order valence-corrected chi connectivity index (χ4v) is 15.4. The van der Waals surface area contributed by atoms with Crippen LogP contribution in [0.15, 0.2) is 42.7 Å². The Bertz CT molecular complexity index is 3330. The first-order chi connectivity index (χ1) is 48.2. The molecule has 2 aromatic rings. The number of nitrogens with zero attached hydrogens (tertiary/aromatic N) is 10. The molecule has 2 saturated heterocycles. The van der Waals surface area contributed by atoms with Gasteiger partial charge in [-0.3, -0.25) is 62.5 Å². The summed E-state index contributed by atoms with van der Waals surface area (Å²) in [5.74, 6) is -9.15. The second kappa shape index (κ2) is 36.5. The van der Waals surface area contributed by atoms with E-state index < -0.39 is 173 Å². The fraction of sp³-hybridized carbons (Fsp3) is 0.685. The number of carbonyl (C=O) groups is 12. The van der Waals surface area contributed by atoms with Gasteiger partial charge in [-0.1, -0.05) is 108 Å². The number of rotatable bonds is 11. The summed E-state index contributed by atoms with van der Waals surface area (Å²) in [4.78, 5) is 194. The van der Waals surface area contributed by atoms with Crippen molar-refractivity contribution in [2.75, 3.05) is 89.1 Å². The lowest BCUT2D eigenvalue weighted by Gasteiger charge is -2.43. The van der Waals surface area contributed by atoms with Crippen molar-refractivity contribution in [1.29, 1.82) is 0 Å². The first-order valence-electron chi connectivity index (χ1n) is 36.2. The van der Waals surface area contributed by atoms with Crippen molar-refractivity contribution in [3.05, 3.63) is 64.4 Å². The lowest BCUT2D eigenvalue weighted by Crippen LogP contribution is -2.65. The Kier molecular flexibility index (Phi) is 29.1. The van der Waals surface area contributed by atoms with Crippen molar-refractivity contribution in [1.82, 2.24) is 65.0 Å². The van der Waals surface area contributed by atoms with Crippen molar-refractivity contribution in [2.45, 2.75) is 216 Å². The molecule has 29 heteroatoms. The molecule has 5 fully saturated rings. The van der Waals surface area contributed by atoms with Crippen LogP contribution in [0, 0.1) is 17.8 Å². The van der Waals surface area contributed by atoms with E-state index in [0.29, 0.717) is 63.6 Å². The number of likely N-dealkylation sites (tertiary alicyclic amines) is 1. The molecule has 102 heavy (non-hydrogen) atoms. The average molecular weight is 1450 g/mol. The van der Waals surface area contributed by atoms with Gasteiger partial charge in [0.2, 0.25) is 70.9 Å². The molecule has 8 atom stereocenters. The maximum absolute atomic E-state index is 15.9. The van der Waals surface area contributed by atoms with Crippen molar-refractivity contribution in [2.24, 2.45) is 17.8 Å². The Morgan fingerprint density at radius 2 is 1.26 bits per heavy atom. The Morgan fingerprint density at radius 3 is 1.86 bits per heavy atom. The van der Waals surface area contributed by atoms with Crippen molar-refractivity contribution < 1.29 is 70.7 Å². The lowest BCUT2D eigenvalue weighted by molar-refractivity contribution is -0.156. The number of nitrogens with one attached hydrogen (secondary N) is 3. The molecule has 0 bridgehead atoms. The number of benzene rings is 1. The van der Waals surface area contributed by atoms with Crippen LogP contribution in [0.25, 0.3) is 0 Å². The van der Waals surface area contributed by atoms with E-state index in [4.69, 9.17) is 11.6 Å². The number of aromatic nitrogens is 1. The Balaban J connectivity index is 1.31. The SMILES string of the molecule is CC[C@H](C)[C@@H]1NC(=O)[C@H](C)N(C)C(=O)C[C@@H](C(=O)N2CCCC2)N(C)C(=O)[C@H](C2CCCCC2)N(C)C(=O)C2(CCCC2)NC(=O)[C@H](Cc2cccnc2)N(C)C(=O)[C@H](CCc2ccc(C(F)(F)F)c(Cl)c2)NC(=O)CN(C)C(=O)[C@H](CC2CCCCC2)N(C)C(=O)CN(C)C(=O)CN(C)C1=O. The van der Waals surface area contributed by atoms with E-state index >= 15 is 19.2 Å². The topological polar surface area (TPSA) is 283 Å². The molecule has 25 nitrogen and oxygen atoms in total. The highest BCUT2D eigenvalue weighted by molar-refractivity contribution is 6.31. The zero-order chi connectivity index (χ0) is 75.1. The third kappa shape index (κ3) is 20.5. The van der Waals surface area contributed by atoms with Crippen LogP contribution in [0.4, 0.5) is 13.2 Å². The number of amides is 12. The zero-order valence-corrected chi connectivity index (χ0v) is 62.0. The molecule has 564 valence electrons. The van der Waals surface area contributed by atoms with Gasteiger partial charge in [-0.2, -0.15) is 13.2 Å². The van der Waals surface area contributed by atoms with Crippen LogP contribution in [0.2, 0.25) is 5.02 Å². The number of hydrogen-bond donors (Lipinski definition) is 3. The van der Waals surface area contributed by atoms with Gasteiger partial charge < -0.3 is 60.0 Å². The molecular weight excluding hydrogens is 1340 g/mol. The normalized spacial score (nSPS) is 25.9. The molecule has 0 radical (unpaired) electrons. The highest BCUT2D eigenvalue weighted by atomic mass is 35.5. The summed E-state index contributed by atoms with van der Waals surface area (Å²) < 4.78 is 41.9. The second-order valence-electron chi connectivity index (χ2n) is 29.2. The molecule has 3 heterocycles. The van der Waals surface area contributed by atoms with Gasteiger partial charge in [-0.25, -0.2) is 0 Å². The molecule has 3 aliphatic carbocycles. The Hall–Kier alpha value is -7.91. The van der Waals surface area contributed by atoms with Crippen LogP contribution >= 0.6 is 11.6 Å². The molecule has 7 rings (SSSR count). The van der Waals surface area contributed by atoms with Gasteiger partial charge in [0, 0.05) is 88.3 Å². The van der Waals surface area contributed by atoms with Gasteiger partial charge in [0.05, 0.1) is 36.6 Å². The second-order valence-corrected chi connectivity index (χ2v) is 29.6. The fourth-order valence-electron chi connectivity index (χ4n) is 15.1. The monoisotopic (exact) mass is 1450 g/mol. The minimum atomic E-state index is -4.78. The maximum atomic E-state index is 15.9.